The second-order valence-electron chi connectivity index (χ2n) is 3.48. The first-order chi connectivity index (χ1) is 7.20. The predicted octanol–water partition coefficient (Wildman–Crippen LogP) is 2.08. The molecule has 2 rings (SSSR count). The van der Waals surface area contributed by atoms with Gasteiger partial charge in [-0.2, -0.15) is 0 Å². The van der Waals surface area contributed by atoms with E-state index in [0.717, 1.165) is 5.56 Å². The summed E-state index contributed by atoms with van der Waals surface area (Å²) in [6.45, 7) is 0. The van der Waals surface area contributed by atoms with Crippen LogP contribution in [0.5, 0.6) is 0 Å². The lowest BCUT2D eigenvalue weighted by Gasteiger charge is -2.15. The molecular formula is C10H11ClF2N2. The summed E-state index contributed by atoms with van der Waals surface area (Å²) in [6.07, 6.45) is -2.46. The summed E-state index contributed by atoms with van der Waals surface area (Å²) in [5.41, 5.74) is 6.22. The zero-order chi connectivity index (χ0) is 10.8. The first kappa shape index (κ1) is 10.8. The lowest BCUT2D eigenvalue weighted by molar-refractivity contribution is 0.106. The molecule has 2 nitrogen and oxygen atoms in total. The number of alkyl halides is 3. The maximum Gasteiger partial charge on any atom is 0.256 e. The smallest absolute Gasteiger partial charge is 0.248 e. The second-order valence-corrected chi connectivity index (χ2v) is 3.99. The minimum Gasteiger partial charge on any atom is -0.248 e. The topological polar surface area (TPSA) is 24.1 Å². The Morgan fingerprint density at radius 2 is 1.80 bits per heavy atom. The van der Waals surface area contributed by atoms with Crippen LogP contribution in [0.25, 0.3) is 0 Å². The van der Waals surface area contributed by atoms with Gasteiger partial charge in [0.2, 0.25) is 0 Å². The molecule has 0 amide bonds. The monoisotopic (exact) mass is 232 g/mol. The van der Waals surface area contributed by atoms with Crippen LogP contribution in [-0.2, 0) is 0 Å². The number of rotatable bonds is 2. The molecule has 1 aliphatic heterocycles. The van der Waals surface area contributed by atoms with Crippen LogP contribution < -0.4 is 10.9 Å². The zero-order valence-electron chi connectivity index (χ0n) is 7.83. The average molecular weight is 233 g/mol. The van der Waals surface area contributed by atoms with Gasteiger partial charge in [0.15, 0.2) is 0 Å². The van der Waals surface area contributed by atoms with E-state index in [0.29, 0.717) is 0 Å². The van der Waals surface area contributed by atoms with Crippen molar-refractivity contribution < 1.29 is 8.78 Å². The van der Waals surface area contributed by atoms with Gasteiger partial charge in [0, 0.05) is 0 Å². The Morgan fingerprint density at radius 1 is 1.13 bits per heavy atom. The summed E-state index contributed by atoms with van der Waals surface area (Å²) in [4.78, 5) is 0. The quantitative estimate of drug-likeness (QED) is 0.763. The zero-order valence-corrected chi connectivity index (χ0v) is 8.59. The van der Waals surface area contributed by atoms with Gasteiger partial charge in [-0.1, -0.05) is 30.3 Å². The number of hydrazine groups is 1. The highest BCUT2D eigenvalue weighted by Gasteiger charge is 2.40. The summed E-state index contributed by atoms with van der Waals surface area (Å²) >= 11 is 5.97. The van der Waals surface area contributed by atoms with Gasteiger partial charge in [-0.3, -0.25) is 0 Å². The van der Waals surface area contributed by atoms with Gasteiger partial charge < -0.3 is 0 Å². The third-order valence-electron chi connectivity index (χ3n) is 2.50. The molecule has 0 spiro atoms. The van der Waals surface area contributed by atoms with Crippen LogP contribution in [0.4, 0.5) is 8.78 Å². The largest absolute Gasteiger partial charge is 0.256 e. The fraction of sp³-hybridized carbons (Fsp3) is 0.400. The minimum absolute atomic E-state index is 0.271. The third kappa shape index (κ3) is 2.12. The maximum absolute atomic E-state index is 12.5. The average Bonchev–Trinajstić information content (AvgIpc) is 2.61. The SMILES string of the molecule is FC(F)C1NNC(c2ccccc2)C1Cl. The summed E-state index contributed by atoms with van der Waals surface area (Å²) in [5, 5.41) is -0.646. The van der Waals surface area contributed by atoms with Crippen molar-refractivity contribution in [2.45, 2.75) is 23.9 Å². The molecule has 0 radical (unpaired) electrons. The molecule has 3 atom stereocenters. The molecule has 0 saturated carbocycles. The van der Waals surface area contributed by atoms with Crippen molar-refractivity contribution in [2.24, 2.45) is 0 Å². The van der Waals surface area contributed by atoms with E-state index in [4.69, 9.17) is 11.6 Å². The Labute approximate surface area is 91.6 Å². The molecule has 1 fully saturated rings. The number of halogens is 3. The highest BCUT2D eigenvalue weighted by atomic mass is 35.5. The minimum atomic E-state index is -2.46. The third-order valence-corrected chi connectivity index (χ3v) is 3.02. The molecule has 1 aliphatic rings. The Kier molecular flexibility index (Phi) is 3.19. The van der Waals surface area contributed by atoms with Crippen LogP contribution in [0.15, 0.2) is 30.3 Å². The Balaban J connectivity index is 2.14. The lowest BCUT2D eigenvalue weighted by atomic mass is 10.0. The molecule has 0 bridgehead atoms. The number of nitrogens with one attached hydrogen (secondary N) is 2. The van der Waals surface area contributed by atoms with Crippen molar-refractivity contribution in [3.8, 4) is 0 Å². The van der Waals surface area contributed by atoms with Crippen LogP contribution in [0.2, 0.25) is 0 Å². The number of benzene rings is 1. The molecule has 15 heavy (non-hydrogen) atoms. The van der Waals surface area contributed by atoms with E-state index in [1.165, 1.54) is 0 Å². The van der Waals surface area contributed by atoms with E-state index >= 15 is 0 Å². The Morgan fingerprint density at radius 3 is 2.33 bits per heavy atom. The van der Waals surface area contributed by atoms with Gasteiger partial charge in [-0.15, -0.1) is 11.6 Å². The molecule has 1 aromatic rings. The molecule has 5 heteroatoms. The van der Waals surface area contributed by atoms with Crippen molar-refractivity contribution in [3.05, 3.63) is 35.9 Å². The number of hydrogen-bond acceptors (Lipinski definition) is 2. The first-order valence-electron chi connectivity index (χ1n) is 4.68. The molecule has 82 valence electrons. The normalized spacial score (nSPS) is 31.1. The van der Waals surface area contributed by atoms with Crippen LogP contribution in [-0.4, -0.2) is 17.8 Å². The van der Waals surface area contributed by atoms with E-state index in [1.54, 1.807) is 0 Å². The van der Waals surface area contributed by atoms with Gasteiger partial charge in [0.1, 0.15) is 6.04 Å². The van der Waals surface area contributed by atoms with Crippen molar-refractivity contribution >= 4 is 11.6 Å². The van der Waals surface area contributed by atoms with Crippen LogP contribution in [0.1, 0.15) is 11.6 Å². The summed E-state index contributed by atoms with van der Waals surface area (Å²) < 4.78 is 25.0. The molecule has 2 N–H and O–H groups in total. The molecular weight excluding hydrogens is 222 g/mol. The molecule has 0 aliphatic carbocycles. The number of hydrogen-bond donors (Lipinski definition) is 2. The van der Waals surface area contributed by atoms with Crippen molar-refractivity contribution in [2.75, 3.05) is 0 Å². The molecule has 0 aromatic heterocycles. The fourth-order valence-electron chi connectivity index (χ4n) is 1.68. The molecule has 1 saturated heterocycles. The van der Waals surface area contributed by atoms with Crippen LogP contribution in [0, 0.1) is 0 Å². The van der Waals surface area contributed by atoms with Crippen molar-refractivity contribution in [1.29, 1.82) is 0 Å². The second kappa shape index (κ2) is 4.43. The van der Waals surface area contributed by atoms with Gasteiger partial charge in [-0.25, -0.2) is 19.6 Å². The van der Waals surface area contributed by atoms with E-state index in [9.17, 15) is 8.78 Å². The summed E-state index contributed by atoms with van der Waals surface area (Å²) in [7, 11) is 0. The van der Waals surface area contributed by atoms with E-state index in [1.807, 2.05) is 30.3 Å². The van der Waals surface area contributed by atoms with Crippen molar-refractivity contribution in [3.63, 3.8) is 0 Å². The molecule has 1 heterocycles. The van der Waals surface area contributed by atoms with Crippen molar-refractivity contribution in [1.82, 2.24) is 10.9 Å². The lowest BCUT2D eigenvalue weighted by Crippen LogP contribution is -2.37. The molecule has 3 unspecified atom stereocenters. The van der Waals surface area contributed by atoms with Crippen LogP contribution in [0.3, 0.4) is 0 Å². The van der Waals surface area contributed by atoms with Crippen LogP contribution >= 0.6 is 11.6 Å². The summed E-state index contributed by atoms with van der Waals surface area (Å²) in [5.74, 6) is 0. The van der Waals surface area contributed by atoms with E-state index in [2.05, 4.69) is 10.9 Å². The van der Waals surface area contributed by atoms with E-state index < -0.39 is 17.8 Å². The van der Waals surface area contributed by atoms with Gasteiger partial charge in [0.25, 0.3) is 6.43 Å². The van der Waals surface area contributed by atoms with Gasteiger partial charge in [-0.05, 0) is 5.56 Å². The molecule has 1 aromatic carbocycles. The van der Waals surface area contributed by atoms with Gasteiger partial charge in [0.05, 0.1) is 11.4 Å². The Bertz CT molecular complexity index is 320. The van der Waals surface area contributed by atoms with E-state index in [-0.39, 0.29) is 6.04 Å². The Hall–Kier alpha value is -0.710. The highest BCUT2D eigenvalue weighted by Crippen LogP contribution is 2.29. The van der Waals surface area contributed by atoms with Gasteiger partial charge >= 0.3 is 0 Å². The fourth-order valence-corrected chi connectivity index (χ4v) is 2.06. The summed E-state index contributed by atoms with van der Waals surface area (Å²) in [6, 6.07) is 8.04. The standard InChI is InChI=1S/C10H11ClF2N2/c11-7-8(6-4-2-1-3-5-6)14-15-9(7)10(12)13/h1-5,7-10,14-15H. The maximum atomic E-state index is 12.5. The highest BCUT2D eigenvalue weighted by molar-refractivity contribution is 6.21. The first-order valence-corrected chi connectivity index (χ1v) is 5.12. The predicted molar refractivity (Wildman–Crippen MR) is 54.9 cm³/mol.